The summed E-state index contributed by atoms with van der Waals surface area (Å²) in [6, 6.07) is 7.24. The lowest BCUT2D eigenvalue weighted by atomic mass is 9.56. The molecule has 3 aliphatic carbocycles. The molecule has 1 aromatic rings. The van der Waals surface area contributed by atoms with Crippen LogP contribution in [0.2, 0.25) is 0 Å². The number of hydrogen-bond donors (Lipinski definition) is 2. The fraction of sp³-hybridized carbons (Fsp3) is 0.708. The lowest BCUT2D eigenvalue weighted by Gasteiger charge is -2.56. The lowest BCUT2D eigenvalue weighted by Crippen LogP contribution is -2.60. The summed E-state index contributed by atoms with van der Waals surface area (Å²) < 4.78 is 5.58. The van der Waals surface area contributed by atoms with Crippen LogP contribution in [0, 0.1) is 11.8 Å². The van der Waals surface area contributed by atoms with Crippen molar-refractivity contribution in [2.24, 2.45) is 11.8 Å². The Hall–Kier alpha value is -1.59. The third kappa shape index (κ3) is 3.27. The summed E-state index contributed by atoms with van der Waals surface area (Å²) in [5.41, 5.74) is 2.37. The van der Waals surface area contributed by atoms with E-state index in [0.717, 1.165) is 56.9 Å². The van der Waals surface area contributed by atoms with E-state index < -0.39 is 11.5 Å². The summed E-state index contributed by atoms with van der Waals surface area (Å²) >= 11 is 0. The molecule has 0 amide bonds. The third-order valence-corrected chi connectivity index (χ3v) is 8.43. The molecule has 3 fully saturated rings. The van der Waals surface area contributed by atoms with Crippen molar-refractivity contribution in [2.45, 2.75) is 68.9 Å². The Bertz CT molecular complexity index is 801. The van der Waals surface area contributed by atoms with Gasteiger partial charge in [-0.25, -0.2) is 0 Å². The summed E-state index contributed by atoms with van der Waals surface area (Å²) in [5, 5.41) is 12.9. The predicted molar refractivity (Wildman–Crippen MR) is 112 cm³/mol. The Morgan fingerprint density at radius 1 is 1.31 bits per heavy atom. The highest BCUT2D eigenvalue weighted by Gasteiger charge is 2.53. The summed E-state index contributed by atoms with van der Waals surface area (Å²) in [5.74, 6) is 1.73. The van der Waals surface area contributed by atoms with E-state index in [4.69, 9.17) is 4.74 Å². The predicted octanol–water partition coefficient (Wildman–Crippen LogP) is 3.21. The first kappa shape index (κ1) is 19.4. The SMILES string of the molecule is COc1ccc2c(c1)[C@@]1(CCNC3(C(=O)O)CC3)CCN(CC3CC3)[C@@H](C2)[C@H]1C. The fourth-order valence-corrected chi connectivity index (χ4v) is 6.12. The molecule has 0 aromatic heterocycles. The molecule has 1 aromatic carbocycles. The van der Waals surface area contributed by atoms with Gasteiger partial charge in [-0.1, -0.05) is 13.0 Å². The minimum Gasteiger partial charge on any atom is -0.497 e. The highest BCUT2D eigenvalue weighted by molar-refractivity contribution is 5.82. The largest absolute Gasteiger partial charge is 0.497 e. The highest BCUT2D eigenvalue weighted by atomic mass is 16.5. The van der Waals surface area contributed by atoms with Crippen LogP contribution in [0.3, 0.4) is 0 Å². The van der Waals surface area contributed by atoms with E-state index in [1.807, 2.05) is 0 Å². The van der Waals surface area contributed by atoms with Gasteiger partial charge in [0.05, 0.1) is 7.11 Å². The van der Waals surface area contributed by atoms with Crippen LogP contribution in [-0.2, 0) is 16.6 Å². The molecule has 3 atom stereocenters. The average Bonchev–Trinajstić information content (AvgIpc) is 3.62. The molecular formula is C24H34N2O3. The van der Waals surface area contributed by atoms with Gasteiger partial charge in [0.1, 0.15) is 11.3 Å². The van der Waals surface area contributed by atoms with E-state index >= 15 is 0 Å². The summed E-state index contributed by atoms with van der Waals surface area (Å²) in [6.07, 6.45) is 7.59. The second-order valence-electron chi connectivity index (χ2n) is 9.99. The van der Waals surface area contributed by atoms with Crippen molar-refractivity contribution in [1.29, 1.82) is 0 Å². The van der Waals surface area contributed by atoms with Crippen LogP contribution >= 0.6 is 0 Å². The van der Waals surface area contributed by atoms with E-state index in [1.54, 1.807) is 7.11 Å². The summed E-state index contributed by atoms with van der Waals surface area (Å²) in [4.78, 5) is 14.4. The number of benzene rings is 1. The molecule has 2 bridgehead atoms. The molecule has 1 aliphatic heterocycles. The Balaban J connectivity index is 1.43. The smallest absolute Gasteiger partial charge is 0.323 e. The van der Waals surface area contributed by atoms with E-state index in [2.05, 4.69) is 35.3 Å². The zero-order chi connectivity index (χ0) is 20.2. The van der Waals surface area contributed by atoms with E-state index in [9.17, 15) is 9.90 Å². The fourth-order valence-electron chi connectivity index (χ4n) is 6.12. The van der Waals surface area contributed by atoms with Crippen molar-refractivity contribution in [3.05, 3.63) is 29.3 Å². The molecule has 5 nitrogen and oxygen atoms in total. The molecule has 0 radical (unpaired) electrons. The minimum absolute atomic E-state index is 0.106. The van der Waals surface area contributed by atoms with Crippen molar-refractivity contribution in [3.63, 3.8) is 0 Å². The first-order valence-corrected chi connectivity index (χ1v) is 11.4. The third-order valence-electron chi connectivity index (χ3n) is 8.43. The number of nitrogens with one attached hydrogen (secondary N) is 1. The van der Waals surface area contributed by atoms with Crippen molar-refractivity contribution >= 4 is 5.97 Å². The normalized spacial score (nSPS) is 32.5. The Morgan fingerprint density at radius 2 is 2.10 bits per heavy atom. The van der Waals surface area contributed by atoms with Crippen LogP contribution in [-0.4, -0.2) is 54.3 Å². The molecule has 158 valence electrons. The van der Waals surface area contributed by atoms with Gasteiger partial charge < -0.3 is 15.2 Å². The molecule has 2 N–H and O–H groups in total. The number of nitrogens with zero attached hydrogens (tertiary/aromatic N) is 1. The van der Waals surface area contributed by atoms with Crippen LogP contribution in [0.1, 0.15) is 56.6 Å². The average molecular weight is 399 g/mol. The number of carbonyl (C=O) groups is 1. The molecule has 29 heavy (non-hydrogen) atoms. The molecular weight excluding hydrogens is 364 g/mol. The van der Waals surface area contributed by atoms with Crippen LogP contribution in [0.25, 0.3) is 0 Å². The number of aliphatic carboxylic acids is 1. The van der Waals surface area contributed by atoms with Gasteiger partial charge >= 0.3 is 5.97 Å². The Kier molecular flexibility index (Phi) is 4.67. The summed E-state index contributed by atoms with van der Waals surface area (Å²) in [6.45, 7) is 5.63. The molecule has 2 saturated carbocycles. The molecule has 1 saturated heterocycles. The monoisotopic (exact) mass is 398 g/mol. The van der Waals surface area contributed by atoms with Crippen molar-refractivity contribution in [2.75, 3.05) is 26.7 Å². The maximum atomic E-state index is 11.6. The van der Waals surface area contributed by atoms with Gasteiger partial charge in [-0.2, -0.15) is 0 Å². The van der Waals surface area contributed by atoms with Gasteiger partial charge in [0.15, 0.2) is 0 Å². The van der Waals surface area contributed by atoms with E-state index in [0.29, 0.717) is 12.0 Å². The number of methoxy groups -OCH3 is 1. The van der Waals surface area contributed by atoms with Crippen LogP contribution < -0.4 is 10.1 Å². The van der Waals surface area contributed by atoms with Crippen LogP contribution in [0.15, 0.2) is 18.2 Å². The van der Waals surface area contributed by atoms with Crippen molar-refractivity contribution in [1.82, 2.24) is 10.2 Å². The second kappa shape index (κ2) is 6.98. The number of piperidine rings is 1. The van der Waals surface area contributed by atoms with E-state index in [1.165, 1.54) is 30.5 Å². The van der Waals surface area contributed by atoms with Gasteiger partial charge in [-0.3, -0.25) is 9.69 Å². The standard InChI is InChI=1S/C24H34N2O3/c1-16-21-13-18-5-6-19(29-2)14-20(18)23(16,10-12-26(21)15-17-3-4-17)9-11-25-24(7-8-24)22(27)28/h5-6,14,16-17,21,25H,3-4,7-13,15H2,1-2H3,(H,27,28)/t16-,21+,23+/m1/s1. The maximum Gasteiger partial charge on any atom is 0.323 e. The molecule has 0 spiro atoms. The van der Waals surface area contributed by atoms with Crippen LogP contribution in [0.5, 0.6) is 5.75 Å². The lowest BCUT2D eigenvalue weighted by molar-refractivity contribution is -0.140. The van der Waals surface area contributed by atoms with Gasteiger partial charge in [-0.15, -0.1) is 0 Å². The number of fused-ring (bicyclic) bond motifs is 4. The topological polar surface area (TPSA) is 61.8 Å². The Labute approximate surface area is 173 Å². The van der Waals surface area contributed by atoms with Crippen LogP contribution in [0.4, 0.5) is 0 Å². The molecule has 5 rings (SSSR count). The number of carboxylic acid groups (broad SMARTS) is 1. The van der Waals surface area contributed by atoms with Crippen molar-refractivity contribution < 1.29 is 14.6 Å². The minimum atomic E-state index is -0.689. The number of carboxylic acids is 1. The summed E-state index contributed by atoms with van der Waals surface area (Å²) in [7, 11) is 1.74. The maximum absolute atomic E-state index is 11.6. The van der Waals surface area contributed by atoms with Gasteiger partial charge in [0.25, 0.3) is 0 Å². The van der Waals surface area contributed by atoms with Gasteiger partial charge in [0.2, 0.25) is 0 Å². The molecule has 5 heteroatoms. The number of hydrogen-bond acceptors (Lipinski definition) is 4. The molecule has 1 heterocycles. The molecule has 0 unspecified atom stereocenters. The van der Waals surface area contributed by atoms with E-state index in [-0.39, 0.29) is 5.41 Å². The quantitative estimate of drug-likeness (QED) is 0.704. The number of ether oxygens (including phenoxy) is 1. The Morgan fingerprint density at radius 3 is 2.76 bits per heavy atom. The number of rotatable bonds is 8. The van der Waals surface area contributed by atoms with Gasteiger partial charge in [-0.05, 0) is 93.1 Å². The number of likely N-dealkylation sites (tertiary alicyclic amines) is 1. The molecule has 4 aliphatic rings. The zero-order valence-corrected chi connectivity index (χ0v) is 17.7. The highest BCUT2D eigenvalue weighted by Crippen LogP contribution is 2.52. The van der Waals surface area contributed by atoms with Gasteiger partial charge in [0, 0.05) is 18.0 Å². The van der Waals surface area contributed by atoms with Crippen molar-refractivity contribution in [3.8, 4) is 5.75 Å². The first-order chi connectivity index (χ1) is 14.0. The zero-order valence-electron chi connectivity index (χ0n) is 17.7. The second-order valence-corrected chi connectivity index (χ2v) is 9.99. The first-order valence-electron chi connectivity index (χ1n) is 11.4.